The highest BCUT2D eigenvalue weighted by Crippen LogP contribution is 2.41. The minimum Gasteiger partial charge on any atom is -0.309 e. The average molecular weight is 431 g/mol. The van der Waals surface area contributed by atoms with Gasteiger partial charge in [0.25, 0.3) is 5.56 Å². The molecule has 0 spiro atoms. The molecule has 2 aromatic carbocycles. The first kappa shape index (κ1) is 19.0. The van der Waals surface area contributed by atoms with Crippen LogP contribution in [0.25, 0.3) is 32.2 Å². The molecule has 0 saturated heterocycles. The van der Waals surface area contributed by atoms with Crippen LogP contribution in [0.2, 0.25) is 0 Å². The molecule has 0 bridgehead atoms. The Labute approximate surface area is 181 Å². The van der Waals surface area contributed by atoms with Crippen LogP contribution >= 0.6 is 23.1 Å². The van der Waals surface area contributed by atoms with Crippen molar-refractivity contribution < 1.29 is 0 Å². The second-order valence-electron chi connectivity index (χ2n) is 7.10. The summed E-state index contributed by atoms with van der Waals surface area (Å²) in [6, 6.07) is 15.9. The van der Waals surface area contributed by atoms with Gasteiger partial charge in [-0.2, -0.15) is 0 Å². The maximum absolute atomic E-state index is 12.5. The Bertz CT molecular complexity index is 1420. The molecule has 1 atom stereocenters. The highest BCUT2D eigenvalue weighted by molar-refractivity contribution is 7.99. The van der Waals surface area contributed by atoms with Gasteiger partial charge < -0.3 is 4.98 Å². The molecule has 30 heavy (non-hydrogen) atoms. The number of rotatable bonds is 4. The Morgan fingerprint density at radius 2 is 1.87 bits per heavy atom. The number of benzene rings is 2. The number of H-pyrrole nitrogens is 1. The van der Waals surface area contributed by atoms with Gasteiger partial charge in [0.15, 0.2) is 0 Å². The number of para-hydroxylation sites is 1. The van der Waals surface area contributed by atoms with Crippen molar-refractivity contribution in [2.24, 2.45) is 0 Å². The van der Waals surface area contributed by atoms with E-state index in [2.05, 4.69) is 56.5 Å². The fourth-order valence-corrected chi connectivity index (χ4v) is 5.37. The van der Waals surface area contributed by atoms with Crippen molar-refractivity contribution in [1.29, 1.82) is 0 Å². The topological polar surface area (TPSA) is 71.5 Å². The summed E-state index contributed by atoms with van der Waals surface area (Å²) in [5, 5.41) is 4.59. The van der Waals surface area contributed by atoms with Crippen LogP contribution in [0.1, 0.15) is 23.6 Å². The number of nitrogens with zero attached hydrogens (tertiary/aromatic N) is 3. The molecule has 5 rings (SSSR count). The monoisotopic (exact) mass is 430 g/mol. The molecule has 5 nitrogen and oxygen atoms in total. The number of aromatic nitrogens is 4. The van der Waals surface area contributed by atoms with Crippen LogP contribution in [0, 0.1) is 6.92 Å². The van der Waals surface area contributed by atoms with Gasteiger partial charge in [-0.1, -0.05) is 53.7 Å². The van der Waals surface area contributed by atoms with Crippen LogP contribution in [0.4, 0.5) is 0 Å². The fourth-order valence-electron chi connectivity index (χ4n) is 3.40. The van der Waals surface area contributed by atoms with Crippen molar-refractivity contribution in [1.82, 2.24) is 19.9 Å². The van der Waals surface area contributed by atoms with Crippen molar-refractivity contribution in [3.63, 3.8) is 0 Å². The van der Waals surface area contributed by atoms with Gasteiger partial charge in [-0.3, -0.25) is 4.79 Å². The summed E-state index contributed by atoms with van der Waals surface area (Å²) in [6.45, 7) is 4.11. The number of hydrogen-bond donors (Lipinski definition) is 1. The summed E-state index contributed by atoms with van der Waals surface area (Å²) < 4.78 is 0. The summed E-state index contributed by atoms with van der Waals surface area (Å²) in [5.74, 6) is 0.641. The second-order valence-corrected chi connectivity index (χ2v) is 9.29. The first-order chi connectivity index (χ1) is 14.6. The lowest BCUT2D eigenvalue weighted by atomic mass is 10.1. The predicted octanol–water partition coefficient (Wildman–Crippen LogP) is 5.76. The van der Waals surface area contributed by atoms with Crippen LogP contribution in [-0.2, 0) is 0 Å². The Morgan fingerprint density at radius 3 is 2.70 bits per heavy atom. The van der Waals surface area contributed by atoms with Gasteiger partial charge in [0.05, 0.1) is 21.5 Å². The number of thiophene rings is 1. The fraction of sp³-hybridized carbons (Fsp3) is 0.130. The lowest BCUT2D eigenvalue weighted by Gasteiger charge is -2.12. The lowest BCUT2D eigenvalue weighted by molar-refractivity contribution is 0.919. The van der Waals surface area contributed by atoms with Crippen molar-refractivity contribution >= 4 is 44.2 Å². The summed E-state index contributed by atoms with van der Waals surface area (Å²) in [7, 11) is 0. The van der Waals surface area contributed by atoms with Crippen molar-refractivity contribution in [3.05, 3.63) is 82.0 Å². The van der Waals surface area contributed by atoms with Gasteiger partial charge in [0, 0.05) is 10.9 Å². The molecule has 0 saturated carbocycles. The molecule has 5 aromatic rings. The first-order valence-corrected chi connectivity index (χ1v) is 11.3. The summed E-state index contributed by atoms with van der Waals surface area (Å²) in [5.41, 5.74) is 4.09. The largest absolute Gasteiger partial charge is 0.309 e. The van der Waals surface area contributed by atoms with Crippen LogP contribution < -0.4 is 5.56 Å². The lowest BCUT2D eigenvalue weighted by Crippen LogP contribution is -2.12. The zero-order valence-corrected chi connectivity index (χ0v) is 18.1. The highest BCUT2D eigenvalue weighted by Gasteiger charge is 2.18. The Kier molecular flexibility index (Phi) is 4.84. The molecule has 3 heterocycles. The summed E-state index contributed by atoms with van der Waals surface area (Å²) in [6.07, 6.45) is 1.60. The van der Waals surface area contributed by atoms with E-state index in [4.69, 9.17) is 0 Å². The number of hydrogen-bond acceptors (Lipinski definition) is 6. The smallest absolute Gasteiger partial charge is 0.258 e. The average Bonchev–Trinajstić information content (AvgIpc) is 3.19. The van der Waals surface area contributed by atoms with Gasteiger partial charge in [0.2, 0.25) is 0 Å². The van der Waals surface area contributed by atoms with Gasteiger partial charge in [-0.15, -0.1) is 11.3 Å². The quantitative estimate of drug-likeness (QED) is 0.290. The Morgan fingerprint density at radius 1 is 1.07 bits per heavy atom. The van der Waals surface area contributed by atoms with Gasteiger partial charge in [-0.05, 0) is 31.5 Å². The molecule has 0 amide bonds. The number of nitrogens with one attached hydrogen (secondary N) is 1. The third-order valence-corrected chi connectivity index (χ3v) is 7.00. The number of thioether (sulfide) groups is 1. The van der Waals surface area contributed by atoms with E-state index in [1.54, 1.807) is 35.5 Å². The van der Waals surface area contributed by atoms with Gasteiger partial charge in [-0.25, -0.2) is 15.0 Å². The maximum atomic E-state index is 12.5. The SMILES string of the molecule is Cc1ccc(-c2csc3ncnc(SC(C)c4nc5ccccc5c(=O)[nH]4)c23)cc1. The van der Waals surface area contributed by atoms with Crippen LogP contribution in [0.3, 0.4) is 0 Å². The Hall–Kier alpha value is -3.03. The third kappa shape index (κ3) is 3.40. The van der Waals surface area contributed by atoms with E-state index < -0.39 is 0 Å². The van der Waals surface area contributed by atoms with Crippen LogP contribution in [-0.4, -0.2) is 19.9 Å². The molecule has 0 fully saturated rings. The number of aromatic amines is 1. The van der Waals surface area contributed by atoms with Gasteiger partial charge >= 0.3 is 0 Å². The number of fused-ring (bicyclic) bond motifs is 2. The van der Waals surface area contributed by atoms with Crippen molar-refractivity contribution in [2.75, 3.05) is 0 Å². The minimum absolute atomic E-state index is 0.0776. The second kappa shape index (κ2) is 7.66. The minimum atomic E-state index is -0.119. The van der Waals surface area contributed by atoms with E-state index in [0.29, 0.717) is 16.7 Å². The summed E-state index contributed by atoms with van der Waals surface area (Å²) >= 11 is 3.20. The zero-order chi connectivity index (χ0) is 20.7. The van der Waals surface area contributed by atoms with Crippen molar-refractivity contribution in [3.8, 4) is 11.1 Å². The molecule has 0 aliphatic heterocycles. The van der Waals surface area contributed by atoms with E-state index in [0.717, 1.165) is 26.4 Å². The number of aryl methyl sites for hydroxylation is 1. The van der Waals surface area contributed by atoms with E-state index in [1.165, 1.54) is 5.56 Å². The molecule has 3 aromatic heterocycles. The van der Waals surface area contributed by atoms with E-state index in [1.807, 2.05) is 25.1 Å². The standard InChI is InChI=1S/C23H18N4OS2/c1-13-7-9-15(10-8-13)17-11-29-22-19(17)23(25-12-24-22)30-14(2)20-26-18-6-4-3-5-16(18)21(28)27-20/h3-12,14H,1-2H3,(H,26,27,28). The van der Waals surface area contributed by atoms with Crippen molar-refractivity contribution in [2.45, 2.75) is 24.1 Å². The third-order valence-electron chi connectivity index (χ3n) is 5.00. The molecule has 0 radical (unpaired) electrons. The molecule has 1 N–H and O–H groups in total. The molecule has 0 aliphatic carbocycles. The highest BCUT2D eigenvalue weighted by atomic mass is 32.2. The van der Waals surface area contributed by atoms with Gasteiger partial charge in [0.1, 0.15) is 22.0 Å². The predicted molar refractivity (Wildman–Crippen MR) is 124 cm³/mol. The first-order valence-electron chi connectivity index (χ1n) is 9.55. The molecular formula is C23H18N4OS2. The van der Waals surface area contributed by atoms with E-state index in [9.17, 15) is 4.79 Å². The van der Waals surface area contributed by atoms with Crippen LogP contribution in [0.15, 0.2) is 70.1 Å². The molecule has 7 heteroatoms. The maximum Gasteiger partial charge on any atom is 0.258 e. The zero-order valence-electron chi connectivity index (χ0n) is 16.4. The van der Waals surface area contributed by atoms with E-state index in [-0.39, 0.29) is 10.8 Å². The summed E-state index contributed by atoms with van der Waals surface area (Å²) in [4.78, 5) is 30.1. The molecular weight excluding hydrogens is 412 g/mol. The molecule has 1 unspecified atom stereocenters. The van der Waals surface area contributed by atoms with E-state index >= 15 is 0 Å². The van der Waals surface area contributed by atoms with Crippen LogP contribution in [0.5, 0.6) is 0 Å². The Balaban J connectivity index is 1.56. The molecule has 0 aliphatic rings. The normalized spacial score (nSPS) is 12.5. The molecule has 148 valence electrons.